The molecule has 0 radical (unpaired) electrons. The van der Waals surface area contributed by atoms with Crippen LogP contribution in [0.25, 0.3) is 0 Å². The van der Waals surface area contributed by atoms with Crippen LogP contribution in [-0.4, -0.2) is 35.5 Å². The summed E-state index contributed by atoms with van der Waals surface area (Å²) in [4.78, 5) is 6.97. The zero-order chi connectivity index (χ0) is 13.1. The average molecular weight is 268 g/mol. The van der Waals surface area contributed by atoms with Gasteiger partial charge >= 0.3 is 0 Å². The van der Waals surface area contributed by atoms with E-state index in [1.54, 1.807) is 0 Å². The molecule has 1 aromatic heterocycles. The van der Waals surface area contributed by atoms with Crippen LogP contribution < -0.4 is 10.2 Å². The van der Waals surface area contributed by atoms with Gasteiger partial charge in [-0.25, -0.2) is 4.98 Å². The zero-order valence-electron chi connectivity index (χ0n) is 11.8. The van der Waals surface area contributed by atoms with Crippen molar-refractivity contribution in [3.8, 4) is 0 Å². The Kier molecular flexibility index (Phi) is 4.56. The molecule has 2 rings (SSSR count). The minimum absolute atomic E-state index is 0.420. The molecular formula is C13H24N4S. The van der Waals surface area contributed by atoms with Crippen LogP contribution in [0.4, 0.5) is 5.13 Å². The van der Waals surface area contributed by atoms with Crippen LogP contribution in [0.1, 0.15) is 51.3 Å². The summed E-state index contributed by atoms with van der Waals surface area (Å²) in [5, 5.41) is 4.45. The second-order valence-electron chi connectivity index (χ2n) is 5.49. The molecule has 102 valence electrons. The third-order valence-corrected chi connectivity index (χ3v) is 4.72. The van der Waals surface area contributed by atoms with Gasteiger partial charge in [-0.1, -0.05) is 13.8 Å². The van der Waals surface area contributed by atoms with E-state index >= 15 is 0 Å². The minimum Gasteiger partial charge on any atom is -0.347 e. The molecule has 1 aromatic rings. The molecule has 0 amide bonds. The maximum Gasteiger partial charge on any atom is 0.205 e. The normalized spacial score (nSPS) is 24.5. The zero-order valence-corrected chi connectivity index (χ0v) is 12.6. The molecule has 0 aromatic carbocycles. The van der Waals surface area contributed by atoms with E-state index in [0.29, 0.717) is 18.0 Å². The molecule has 1 aliphatic carbocycles. The predicted molar refractivity (Wildman–Crippen MR) is 77.5 cm³/mol. The van der Waals surface area contributed by atoms with Gasteiger partial charge in [-0.15, -0.1) is 0 Å². The van der Waals surface area contributed by atoms with Crippen LogP contribution in [0.2, 0.25) is 0 Å². The number of hydrogen-bond acceptors (Lipinski definition) is 5. The maximum absolute atomic E-state index is 4.64. The van der Waals surface area contributed by atoms with Crippen LogP contribution in [0.5, 0.6) is 0 Å². The van der Waals surface area contributed by atoms with Crippen molar-refractivity contribution in [3.05, 3.63) is 5.82 Å². The van der Waals surface area contributed by atoms with Crippen LogP contribution in [0.15, 0.2) is 0 Å². The summed E-state index contributed by atoms with van der Waals surface area (Å²) in [6.45, 7) is 4.29. The molecule has 0 saturated heterocycles. The van der Waals surface area contributed by atoms with Gasteiger partial charge in [0.25, 0.3) is 0 Å². The third kappa shape index (κ3) is 3.01. The SMILES string of the molecule is CNC1CCC(N(C)c2nc(C(C)C)ns2)CC1. The molecule has 0 bridgehead atoms. The van der Waals surface area contributed by atoms with Gasteiger partial charge in [0.05, 0.1) is 0 Å². The van der Waals surface area contributed by atoms with E-state index in [9.17, 15) is 0 Å². The Bertz CT molecular complexity index is 369. The standard InChI is InChI=1S/C13H24N4S/c1-9(2)12-15-13(18-16-12)17(4)11-7-5-10(14-3)6-8-11/h9-11,14H,5-8H2,1-4H3. The Morgan fingerprint density at radius 2 is 1.94 bits per heavy atom. The molecule has 1 heterocycles. The Labute approximate surface area is 114 Å². The van der Waals surface area contributed by atoms with Crippen molar-refractivity contribution in [2.24, 2.45) is 0 Å². The molecule has 1 N–H and O–H groups in total. The van der Waals surface area contributed by atoms with Crippen LogP contribution in [-0.2, 0) is 0 Å². The van der Waals surface area contributed by atoms with Crippen molar-refractivity contribution in [1.82, 2.24) is 14.7 Å². The lowest BCUT2D eigenvalue weighted by Gasteiger charge is -2.34. The second-order valence-corrected chi connectivity index (χ2v) is 6.23. The Hall–Kier alpha value is -0.680. The molecule has 0 aliphatic heterocycles. The van der Waals surface area contributed by atoms with E-state index in [0.717, 1.165) is 11.0 Å². The number of aromatic nitrogens is 2. The van der Waals surface area contributed by atoms with Crippen molar-refractivity contribution in [1.29, 1.82) is 0 Å². The van der Waals surface area contributed by atoms with Gasteiger partial charge in [0, 0.05) is 36.6 Å². The van der Waals surface area contributed by atoms with Crippen molar-refractivity contribution >= 4 is 16.7 Å². The van der Waals surface area contributed by atoms with Crippen LogP contribution in [0, 0.1) is 0 Å². The van der Waals surface area contributed by atoms with Crippen molar-refractivity contribution in [2.45, 2.75) is 57.5 Å². The summed E-state index contributed by atoms with van der Waals surface area (Å²) in [6.07, 6.45) is 5.03. The second kappa shape index (κ2) is 5.97. The van der Waals surface area contributed by atoms with E-state index in [2.05, 4.69) is 47.5 Å². The monoisotopic (exact) mass is 268 g/mol. The fourth-order valence-corrected chi connectivity index (χ4v) is 3.35. The van der Waals surface area contributed by atoms with E-state index in [4.69, 9.17) is 0 Å². The first-order chi connectivity index (χ1) is 8.61. The summed E-state index contributed by atoms with van der Waals surface area (Å²) >= 11 is 1.54. The summed E-state index contributed by atoms with van der Waals surface area (Å²) in [5.74, 6) is 1.40. The fraction of sp³-hybridized carbons (Fsp3) is 0.846. The molecular weight excluding hydrogens is 244 g/mol. The number of hydrogen-bond donors (Lipinski definition) is 1. The fourth-order valence-electron chi connectivity index (χ4n) is 2.51. The molecule has 5 heteroatoms. The highest BCUT2D eigenvalue weighted by molar-refractivity contribution is 7.09. The summed E-state index contributed by atoms with van der Waals surface area (Å²) in [5.41, 5.74) is 0. The van der Waals surface area contributed by atoms with E-state index < -0.39 is 0 Å². The molecule has 1 fully saturated rings. The lowest BCUT2D eigenvalue weighted by molar-refractivity contribution is 0.351. The summed E-state index contributed by atoms with van der Waals surface area (Å²) < 4.78 is 4.44. The quantitative estimate of drug-likeness (QED) is 0.911. The van der Waals surface area contributed by atoms with Gasteiger partial charge in [-0.3, -0.25) is 0 Å². The topological polar surface area (TPSA) is 41.0 Å². The Morgan fingerprint density at radius 1 is 1.28 bits per heavy atom. The van der Waals surface area contributed by atoms with Gasteiger partial charge in [-0.2, -0.15) is 4.37 Å². The molecule has 4 nitrogen and oxygen atoms in total. The average Bonchev–Trinajstić information content (AvgIpc) is 2.88. The molecule has 1 saturated carbocycles. The van der Waals surface area contributed by atoms with Gasteiger partial charge < -0.3 is 10.2 Å². The van der Waals surface area contributed by atoms with Crippen molar-refractivity contribution in [3.63, 3.8) is 0 Å². The highest BCUT2D eigenvalue weighted by Crippen LogP contribution is 2.28. The van der Waals surface area contributed by atoms with Gasteiger partial charge in [-0.05, 0) is 32.7 Å². The largest absolute Gasteiger partial charge is 0.347 e. The minimum atomic E-state index is 0.420. The lowest BCUT2D eigenvalue weighted by Crippen LogP contribution is -2.39. The Morgan fingerprint density at radius 3 is 2.44 bits per heavy atom. The first-order valence-electron chi connectivity index (χ1n) is 6.85. The summed E-state index contributed by atoms with van der Waals surface area (Å²) in [7, 11) is 4.23. The molecule has 18 heavy (non-hydrogen) atoms. The number of nitrogens with zero attached hydrogens (tertiary/aromatic N) is 3. The lowest BCUT2D eigenvalue weighted by atomic mass is 9.91. The number of nitrogens with one attached hydrogen (secondary N) is 1. The number of rotatable bonds is 4. The van der Waals surface area contributed by atoms with Gasteiger partial charge in [0.2, 0.25) is 5.13 Å². The first-order valence-corrected chi connectivity index (χ1v) is 7.62. The van der Waals surface area contributed by atoms with Crippen LogP contribution in [0.3, 0.4) is 0 Å². The van der Waals surface area contributed by atoms with E-state index in [1.165, 1.54) is 37.2 Å². The van der Waals surface area contributed by atoms with Crippen LogP contribution >= 0.6 is 11.5 Å². The smallest absolute Gasteiger partial charge is 0.205 e. The predicted octanol–water partition coefficient (Wildman–Crippen LogP) is 2.63. The van der Waals surface area contributed by atoms with Gasteiger partial charge in [0.15, 0.2) is 0 Å². The van der Waals surface area contributed by atoms with Crippen molar-refractivity contribution in [2.75, 3.05) is 19.0 Å². The van der Waals surface area contributed by atoms with Crippen molar-refractivity contribution < 1.29 is 0 Å². The molecule has 0 spiro atoms. The van der Waals surface area contributed by atoms with E-state index in [-0.39, 0.29) is 0 Å². The third-order valence-electron chi connectivity index (χ3n) is 3.90. The first kappa shape index (κ1) is 13.7. The van der Waals surface area contributed by atoms with E-state index in [1.807, 2.05) is 0 Å². The Balaban J connectivity index is 1.96. The molecule has 0 unspecified atom stereocenters. The molecule has 0 atom stereocenters. The van der Waals surface area contributed by atoms with Gasteiger partial charge in [0.1, 0.15) is 5.82 Å². The molecule has 1 aliphatic rings. The highest BCUT2D eigenvalue weighted by atomic mass is 32.1. The highest BCUT2D eigenvalue weighted by Gasteiger charge is 2.25. The maximum atomic E-state index is 4.64. The number of anilines is 1. The summed E-state index contributed by atoms with van der Waals surface area (Å²) in [6, 6.07) is 1.33.